The Kier molecular flexibility index (Phi) is 12.6. The molecule has 8 rings (SSSR count). The van der Waals surface area contributed by atoms with Gasteiger partial charge in [0.2, 0.25) is 17.7 Å². The number of benzene rings is 3. The highest BCUT2D eigenvalue weighted by Gasteiger charge is 2.45. The van der Waals surface area contributed by atoms with Crippen molar-refractivity contribution in [3.63, 3.8) is 0 Å². The van der Waals surface area contributed by atoms with E-state index in [1.54, 1.807) is 30.3 Å². The molecule has 0 spiro atoms. The molecular formula is C44H47ClFN9O6. The second kappa shape index (κ2) is 18.3. The third-order valence-corrected chi connectivity index (χ3v) is 12.1. The highest BCUT2D eigenvalue weighted by molar-refractivity contribution is 6.31. The van der Waals surface area contributed by atoms with E-state index >= 15 is 0 Å². The fraction of sp³-hybridized carbons (Fsp3) is 0.386. The van der Waals surface area contributed by atoms with Gasteiger partial charge in [0.25, 0.3) is 11.8 Å². The van der Waals surface area contributed by atoms with Crippen LogP contribution in [-0.4, -0.2) is 107 Å². The van der Waals surface area contributed by atoms with Gasteiger partial charge in [-0.3, -0.25) is 34.2 Å². The highest BCUT2D eigenvalue weighted by Crippen LogP contribution is 2.35. The zero-order valence-corrected chi connectivity index (χ0v) is 34.3. The molecule has 3 aromatic carbocycles. The number of nitrogens with zero attached hydrogens (tertiary/aromatic N) is 5. The van der Waals surface area contributed by atoms with Gasteiger partial charge in [0.05, 0.1) is 34.0 Å². The first-order valence-corrected chi connectivity index (χ1v) is 21.1. The molecule has 3 saturated heterocycles. The number of hydrogen-bond acceptors (Lipinski definition) is 12. The Morgan fingerprint density at radius 2 is 1.80 bits per heavy atom. The Morgan fingerprint density at radius 3 is 2.59 bits per heavy atom. The number of imide groups is 2. The van der Waals surface area contributed by atoms with Gasteiger partial charge in [0, 0.05) is 54.9 Å². The number of piperidine rings is 3. The third-order valence-electron chi connectivity index (χ3n) is 11.9. The molecular weight excluding hydrogens is 805 g/mol. The van der Waals surface area contributed by atoms with Crippen LogP contribution >= 0.6 is 11.6 Å². The molecule has 0 bridgehead atoms. The molecule has 5 amide bonds. The van der Waals surface area contributed by atoms with Crippen molar-refractivity contribution in [2.45, 2.75) is 57.0 Å². The van der Waals surface area contributed by atoms with E-state index in [0.29, 0.717) is 51.9 Å². The first kappa shape index (κ1) is 41.8. The summed E-state index contributed by atoms with van der Waals surface area (Å²) in [6, 6.07) is 12.4. The van der Waals surface area contributed by atoms with Crippen molar-refractivity contribution in [1.29, 1.82) is 0 Å². The molecule has 0 radical (unpaired) electrons. The van der Waals surface area contributed by atoms with Gasteiger partial charge in [-0.15, -0.1) is 0 Å². The minimum absolute atomic E-state index is 0.0248. The fourth-order valence-electron chi connectivity index (χ4n) is 8.55. The Labute approximate surface area is 357 Å². The quantitative estimate of drug-likeness (QED) is 0.0720. The van der Waals surface area contributed by atoms with Gasteiger partial charge in [-0.2, -0.15) is 0 Å². The fourth-order valence-corrected chi connectivity index (χ4v) is 8.73. The van der Waals surface area contributed by atoms with Gasteiger partial charge in [-0.05, 0) is 113 Å². The van der Waals surface area contributed by atoms with Crippen molar-refractivity contribution in [3.8, 4) is 5.75 Å². The van der Waals surface area contributed by atoms with Crippen LogP contribution in [0.25, 0.3) is 10.9 Å². The summed E-state index contributed by atoms with van der Waals surface area (Å²) >= 11 is 5.98. The standard InChI is InChI=1S/C44H47ClFN9O6/c1-2-39(56)51-36-21-32-35(48-25-49-41(32)50-27-6-9-34(46)33(45)19-27)22-38(36)61-18-4-14-53-16-12-26(13-17-53)23-47-28-5-3-15-54(24-28)29-7-8-30-31(20-29)44(60)55(43(30)59)37-10-11-40(57)52-42(37)58/h2,6-9,19-22,25-26,28,37,47H,1,3-5,10-18,23-24H2,(H,51,56)(H,48,49,50)(H,52,57,58)/t28-,37?/m0/s1. The van der Waals surface area contributed by atoms with Crippen LogP contribution in [0.4, 0.5) is 27.3 Å². The number of aromatic nitrogens is 2. The van der Waals surface area contributed by atoms with Gasteiger partial charge in [-0.1, -0.05) is 18.2 Å². The van der Waals surface area contributed by atoms with E-state index in [-0.39, 0.29) is 29.5 Å². The molecule has 15 nitrogen and oxygen atoms in total. The number of nitrogens with one attached hydrogen (secondary N) is 4. The van der Waals surface area contributed by atoms with Gasteiger partial charge in [-0.25, -0.2) is 14.4 Å². The average Bonchev–Trinajstić information content (AvgIpc) is 3.51. The molecule has 4 aliphatic rings. The smallest absolute Gasteiger partial charge is 0.262 e. The number of carbonyl (C=O) groups excluding carboxylic acids is 5. The van der Waals surface area contributed by atoms with E-state index in [9.17, 15) is 28.4 Å². The summed E-state index contributed by atoms with van der Waals surface area (Å²) in [5, 5.41) is 12.6. The first-order chi connectivity index (χ1) is 29.5. The second-order valence-corrected chi connectivity index (χ2v) is 16.3. The summed E-state index contributed by atoms with van der Waals surface area (Å²) < 4.78 is 20.0. The van der Waals surface area contributed by atoms with Gasteiger partial charge in [0.1, 0.15) is 29.8 Å². The Bertz CT molecular complexity index is 2390. The Morgan fingerprint density at radius 1 is 0.984 bits per heavy atom. The number of anilines is 4. The van der Waals surface area contributed by atoms with E-state index in [1.165, 1.54) is 24.5 Å². The van der Waals surface area contributed by atoms with E-state index < -0.39 is 41.4 Å². The van der Waals surface area contributed by atoms with Crippen molar-refractivity contribution < 1.29 is 33.1 Å². The van der Waals surface area contributed by atoms with Crippen LogP contribution in [0.5, 0.6) is 5.75 Å². The number of hydrogen-bond donors (Lipinski definition) is 4. The number of carbonyl (C=O) groups is 5. The predicted molar refractivity (Wildman–Crippen MR) is 229 cm³/mol. The second-order valence-electron chi connectivity index (χ2n) is 15.9. The number of amides is 5. The van der Waals surface area contributed by atoms with Crippen molar-refractivity contribution in [1.82, 2.24) is 30.4 Å². The lowest BCUT2D eigenvalue weighted by Crippen LogP contribution is -2.54. The Balaban J connectivity index is 0.796. The molecule has 2 atom stereocenters. The average molecular weight is 852 g/mol. The summed E-state index contributed by atoms with van der Waals surface area (Å²) in [5.41, 5.74) is 3.03. The number of ether oxygens (including phenoxy) is 1. The van der Waals surface area contributed by atoms with E-state index in [2.05, 4.69) is 47.6 Å². The lowest BCUT2D eigenvalue weighted by atomic mass is 9.95. The largest absolute Gasteiger partial charge is 0.491 e. The van der Waals surface area contributed by atoms with Gasteiger partial charge >= 0.3 is 0 Å². The topological polar surface area (TPSA) is 178 Å². The lowest BCUT2D eigenvalue weighted by Gasteiger charge is -2.37. The molecule has 0 aliphatic carbocycles. The van der Waals surface area contributed by atoms with E-state index in [0.717, 1.165) is 82.0 Å². The van der Waals surface area contributed by atoms with Crippen LogP contribution in [-0.2, 0) is 14.4 Å². The SMILES string of the molecule is C=CC(=O)Nc1cc2c(Nc3ccc(F)c(Cl)c3)ncnc2cc1OCCCN1CCC(CN[C@H]2CCCN(c3ccc4c(c3)C(=O)N(C3CCC(=O)NC3=O)C4=O)C2)CC1. The van der Waals surface area contributed by atoms with E-state index in [4.69, 9.17) is 16.3 Å². The summed E-state index contributed by atoms with van der Waals surface area (Å²) in [6.45, 7) is 9.39. The van der Waals surface area contributed by atoms with Gasteiger partial charge < -0.3 is 30.5 Å². The number of likely N-dealkylation sites (tertiary alicyclic amines) is 1. The maximum absolute atomic E-state index is 13.7. The predicted octanol–water partition coefficient (Wildman–Crippen LogP) is 5.43. The monoisotopic (exact) mass is 851 g/mol. The van der Waals surface area contributed by atoms with Crippen LogP contribution in [0.2, 0.25) is 5.02 Å². The third kappa shape index (κ3) is 9.36. The maximum Gasteiger partial charge on any atom is 0.262 e. The number of rotatable bonds is 14. The molecule has 61 heavy (non-hydrogen) atoms. The zero-order chi connectivity index (χ0) is 42.6. The van der Waals surface area contributed by atoms with Crippen LogP contribution < -0.4 is 30.9 Å². The molecule has 1 aromatic heterocycles. The highest BCUT2D eigenvalue weighted by atomic mass is 35.5. The van der Waals surface area contributed by atoms with Gasteiger partial charge in [0.15, 0.2) is 0 Å². The molecule has 318 valence electrons. The van der Waals surface area contributed by atoms with Crippen molar-refractivity contribution in [2.75, 3.05) is 61.4 Å². The molecule has 5 heterocycles. The maximum atomic E-state index is 13.7. The lowest BCUT2D eigenvalue weighted by molar-refractivity contribution is -0.136. The van der Waals surface area contributed by atoms with Crippen LogP contribution in [0.1, 0.15) is 65.7 Å². The molecule has 0 saturated carbocycles. The van der Waals surface area contributed by atoms with Crippen LogP contribution in [0, 0.1) is 11.7 Å². The van der Waals surface area contributed by atoms with Crippen molar-refractivity contribution in [3.05, 3.63) is 89.5 Å². The van der Waals surface area contributed by atoms with Crippen LogP contribution in [0.15, 0.2) is 67.5 Å². The first-order valence-electron chi connectivity index (χ1n) is 20.7. The molecule has 4 N–H and O–H groups in total. The molecule has 3 fully saturated rings. The minimum Gasteiger partial charge on any atom is -0.491 e. The molecule has 17 heteroatoms. The number of halogens is 2. The van der Waals surface area contributed by atoms with Crippen molar-refractivity contribution >= 4 is 74.9 Å². The number of fused-ring (bicyclic) bond motifs is 2. The molecule has 4 aliphatic heterocycles. The zero-order valence-electron chi connectivity index (χ0n) is 33.6. The molecule has 1 unspecified atom stereocenters. The minimum atomic E-state index is -0.985. The Hall–Kier alpha value is -5.97. The van der Waals surface area contributed by atoms with Crippen LogP contribution in [0.3, 0.4) is 0 Å². The van der Waals surface area contributed by atoms with Crippen molar-refractivity contribution in [2.24, 2.45) is 5.92 Å². The van der Waals surface area contributed by atoms with E-state index in [1.807, 2.05) is 6.07 Å². The summed E-state index contributed by atoms with van der Waals surface area (Å²) in [6.07, 6.45) is 7.79. The summed E-state index contributed by atoms with van der Waals surface area (Å²) in [5.74, 6) is -1.45. The summed E-state index contributed by atoms with van der Waals surface area (Å²) in [7, 11) is 0. The molecule has 4 aromatic rings. The summed E-state index contributed by atoms with van der Waals surface area (Å²) in [4.78, 5) is 77.6. The normalized spacial score (nSPS) is 19.8.